The predicted octanol–water partition coefficient (Wildman–Crippen LogP) is 1.59. The SMILES string of the molecule is CC1(C)CC1CNC(=O)NCCCCC(=O)O. The predicted molar refractivity (Wildman–Crippen MR) is 64.8 cm³/mol. The van der Waals surface area contributed by atoms with Gasteiger partial charge in [-0.1, -0.05) is 13.8 Å². The molecule has 1 rings (SSSR count). The first-order chi connectivity index (χ1) is 7.92. The van der Waals surface area contributed by atoms with Gasteiger partial charge < -0.3 is 15.7 Å². The number of hydrogen-bond donors (Lipinski definition) is 3. The van der Waals surface area contributed by atoms with Crippen LogP contribution in [0.3, 0.4) is 0 Å². The molecule has 17 heavy (non-hydrogen) atoms. The van der Waals surface area contributed by atoms with E-state index in [2.05, 4.69) is 24.5 Å². The Hall–Kier alpha value is -1.26. The van der Waals surface area contributed by atoms with Crippen molar-refractivity contribution in [1.29, 1.82) is 0 Å². The van der Waals surface area contributed by atoms with E-state index in [0.29, 0.717) is 30.7 Å². The standard InChI is InChI=1S/C12H22N2O3/c1-12(2)7-9(12)8-14-11(17)13-6-4-3-5-10(15)16/h9H,3-8H2,1-2H3,(H,15,16)(H2,13,14,17). The molecule has 5 nitrogen and oxygen atoms in total. The van der Waals surface area contributed by atoms with Crippen LogP contribution in [0, 0.1) is 11.3 Å². The van der Waals surface area contributed by atoms with E-state index in [1.165, 1.54) is 6.42 Å². The molecule has 3 N–H and O–H groups in total. The van der Waals surface area contributed by atoms with Gasteiger partial charge in [0.25, 0.3) is 0 Å². The topological polar surface area (TPSA) is 78.4 Å². The minimum absolute atomic E-state index is 0.150. The van der Waals surface area contributed by atoms with Gasteiger partial charge in [0.05, 0.1) is 0 Å². The van der Waals surface area contributed by atoms with Gasteiger partial charge in [-0.3, -0.25) is 4.79 Å². The first-order valence-corrected chi connectivity index (χ1v) is 6.15. The molecule has 1 saturated carbocycles. The van der Waals surface area contributed by atoms with Crippen molar-refractivity contribution < 1.29 is 14.7 Å². The molecule has 5 heteroatoms. The average molecular weight is 242 g/mol. The fraction of sp³-hybridized carbons (Fsp3) is 0.833. The van der Waals surface area contributed by atoms with Crippen LogP contribution in [0.15, 0.2) is 0 Å². The van der Waals surface area contributed by atoms with Gasteiger partial charge in [0.15, 0.2) is 0 Å². The van der Waals surface area contributed by atoms with Gasteiger partial charge in [-0.25, -0.2) is 4.79 Å². The summed E-state index contributed by atoms with van der Waals surface area (Å²) in [6.07, 6.45) is 2.64. The Balaban J connectivity index is 1.93. The molecule has 0 spiro atoms. The maximum atomic E-state index is 11.3. The second-order valence-electron chi connectivity index (χ2n) is 5.38. The molecule has 1 atom stereocenters. The zero-order valence-electron chi connectivity index (χ0n) is 10.6. The third kappa shape index (κ3) is 5.56. The molecule has 0 heterocycles. The van der Waals surface area contributed by atoms with Gasteiger partial charge in [0.2, 0.25) is 0 Å². The second-order valence-corrected chi connectivity index (χ2v) is 5.38. The van der Waals surface area contributed by atoms with Gasteiger partial charge in [0, 0.05) is 19.5 Å². The lowest BCUT2D eigenvalue weighted by Gasteiger charge is -2.08. The monoisotopic (exact) mass is 242 g/mol. The van der Waals surface area contributed by atoms with E-state index < -0.39 is 5.97 Å². The number of carbonyl (C=O) groups excluding carboxylic acids is 1. The van der Waals surface area contributed by atoms with Crippen LogP contribution < -0.4 is 10.6 Å². The number of unbranched alkanes of at least 4 members (excludes halogenated alkanes) is 1. The quantitative estimate of drug-likeness (QED) is 0.593. The van der Waals surface area contributed by atoms with E-state index in [0.717, 1.165) is 6.54 Å². The fourth-order valence-corrected chi connectivity index (χ4v) is 1.81. The van der Waals surface area contributed by atoms with Crippen LogP contribution >= 0.6 is 0 Å². The third-order valence-electron chi connectivity index (χ3n) is 3.33. The van der Waals surface area contributed by atoms with Gasteiger partial charge >= 0.3 is 12.0 Å². The highest BCUT2D eigenvalue weighted by Gasteiger charge is 2.45. The first kappa shape index (κ1) is 13.8. The highest BCUT2D eigenvalue weighted by atomic mass is 16.4. The highest BCUT2D eigenvalue weighted by Crippen LogP contribution is 2.50. The van der Waals surface area contributed by atoms with Crippen LogP contribution in [0.25, 0.3) is 0 Å². The Labute approximate surface area is 102 Å². The molecule has 98 valence electrons. The molecule has 0 radical (unpaired) electrons. The number of aliphatic carboxylic acids is 1. The van der Waals surface area contributed by atoms with Crippen LogP contribution in [0.1, 0.15) is 39.5 Å². The maximum absolute atomic E-state index is 11.3. The lowest BCUT2D eigenvalue weighted by molar-refractivity contribution is -0.137. The van der Waals surface area contributed by atoms with Crippen molar-refractivity contribution in [2.24, 2.45) is 11.3 Å². The number of carboxylic acid groups (broad SMARTS) is 1. The number of carboxylic acids is 1. The average Bonchev–Trinajstić information content (AvgIpc) is 2.82. The molecule has 0 aliphatic heterocycles. The molecular formula is C12H22N2O3. The molecule has 0 bridgehead atoms. The number of rotatable bonds is 7. The summed E-state index contributed by atoms with van der Waals surface area (Å²) in [5.41, 5.74) is 0.384. The van der Waals surface area contributed by atoms with Crippen LogP contribution in [-0.4, -0.2) is 30.2 Å². The minimum atomic E-state index is -0.787. The number of carbonyl (C=O) groups is 2. The van der Waals surface area contributed by atoms with E-state index in [4.69, 9.17) is 5.11 Å². The zero-order valence-corrected chi connectivity index (χ0v) is 10.6. The summed E-state index contributed by atoms with van der Waals surface area (Å²) >= 11 is 0. The van der Waals surface area contributed by atoms with Gasteiger partial charge in [-0.2, -0.15) is 0 Å². The van der Waals surface area contributed by atoms with E-state index in [9.17, 15) is 9.59 Å². The van der Waals surface area contributed by atoms with Gasteiger partial charge in [-0.15, -0.1) is 0 Å². The Morgan fingerprint density at radius 1 is 1.29 bits per heavy atom. The lowest BCUT2D eigenvalue weighted by atomic mass is 10.1. The first-order valence-electron chi connectivity index (χ1n) is 6.15. The summed E-state index contributed by atoms with van der Waals surface area (Å²) in [5, 5.41) is 14.0. The van der Waals surface area contributed by atoms with Crippen LogP contribution in [0.4, 0.5) is 4.79 Å². The van der Waals surface area contributed by atoms with Crippen LogP contribution in [0.5, 0.6) is 0 Å². The molecule has 0 aromatic rings. The van der Waals surface area contributed by atoms with Crippen molar-refractivity contribution >= 4 is 12.0 Å². The van der Waals surface area contributed by atoms with Crippen molar-refractivity contribution in [3.8, 4) is 0 Å². The zero-order chi connectivity index (χ0) is 12.9. The third-order valence-corrected chi connectivity index (χ3v) is 3.33. The van der Waals surface area contributed by atoms with Crippen molar-refractivity contribution in [3.05, 3.63) is 0 Å². The normalized spacial score (nSPS) is 20.7. The lowest BCUT2D eigenvalue weighted by Crippen LogP contribution is -2.37. The van der Waals surface area contributed by atoms with Crippen molar-refractivity contribution in [1.82, 2.24) is 10.6 Å². The van der Waals surface area contributed by atoms with E-state index >= 15 is 0 Å². The molecule has 0 aromatic carbocycles. The van der Waals surface area contributed by atoms with Gasteiger partial charge in [-0.05, 0) is 30.6 Å². The summed E-state index contributed by atoms with van der Waals surface area (Å²) in [4.78, 5) is 21.6. The number of hydrogen-bond acceptors (Lipinski definition) is 2. The van der Waals surface area contributed by atoms with E-state index in [1.54, 1.807) is 0 Å². The summed E-state index contributed by atoms with van der Waals surface area (Å²) in [7, 11) is 0. The van der Waals surface area contributed by atoms with Gasteiger partial charge in [0.1, 0.15) is 0 Å². The van der Waals surface area contributed by atoms with Crippen LogP contribution in [0.2, 0.25) is 0 Å². The molecule has 2 amide bonds. The van der Waals surface area contributed by atoms with E-state index in [-0.39, 0.29) is 12.5 Å². The summed E-state index contributed by atoms with van der Waals surface area (Å²) in [6, 6.07) is -0.150. The van der Waals surface area contributed by atoms with Crippen molar-refractivity contribution in [3.63, 3.8) is 0 Å². The summed E-state index contributed by atoms with van der Waals surface area (Å²) in [5.74, 6) is -0.189. The second kappa shape index (κ2) is 5.89. The minimum Gasteiger partial charge on any atom is -0.481 e. The fourth-order valence-electron chi connectivity index (χ4n) is 1.81. The number of urea groups is 1. The molecule has 1 aliphatic carbocycles. The smallest absolute Gasteiger partial charge is 0.314 e. The summed E-state index contributed by atoms with van der Waals surface area (Å²) < 4.78 is 0. The molecular weight excluding hydrogens is 220 g/mol. The summed E-state index contributed by atoms with van der Waals surface area (Å²) in [6.45, 7) is 5.66. The highest BCUT2D eigenvalue weighted by molar-refractivity contribution is 5.73. The Bertz CT molecular complexity index is 289. The molecule has 1 fully saturated rings. The molecule has 1 unspecified atom stereocenters. The number of nitrogens with one attached hydrogen (secondary N) is 2. The molecule has 0 saturated heterocycles. The van der Waals surface area contributed by atoms with Crippen molar-refractivity contribution in [2.75, 3.05) is 13.1 Å². The Morgan fingerprint density at radius 2 is 1.94 bits per heavy atom. The van der Waals surface area contributed by atoms with E-state index in [1.807, 2.05) is 0 Å². The number of amides is 2. The maximum Gasteiger partial charge on any atom is 0.314 e. The largest absolute Gasteiger partial charge is 0.481 e. The Morgan fingerprint density at radius 3 is 2.47 bits per heavy atom. The molecule has 0 aromatic heterocycles. The van der Waals surface area contributed by atoms with Crippen LogP contribution in [-0.2, 0) is 4.79 Å². The Kier molecular flexibility index (Phi) is 4.78. The van der Waals surface area contributed by atoms with Crippen molar-refractivity contribution in [2.45, 2.75) is 39.5 Å². The molecule has 1 aliphatic rings.